The summed E-state index contributed by atoms with van der Waals surface area (Å²) >= 11 is 5.15. The maximum absolute atomic E-state index is 5.85. The van der Waals surface area contributed by atoms with Gasteiger partial charge in [-0.05, 0) is 37.1 Å². The zero-order valence-electron chi connectivity index (χ0n) is 12.6. The van der Waals surface area contributed by atoms with Gasteiger partial charge in [-0.25, -0.2) is 4.98 Å². The molecule has 0 saturated carbocycles. The zero-order valence-corrected chi connectivity index (χ0v) is 15.1. The summed E-state index contributed by atoms with van der Waals surface area (Å²) in [5.41, 5.74) is 2.12. The van der Waals surface area contributed by atoms with E-state index in [1.54, 1.807) is 11.3 Å². The Hall–Kier alpha value is -0.910. The predicted molar refractivity (Wildman–Crippen MR) is 91.9 cm³/mol. The van der Waals surface area contributed by atoms with E-state index in [-0.39, 0.29) is 0 Å². The maximum Gasteiger partial charge on any atom is 0.131 e. The van der Waals surface area contributed by atoms with E-state index >= 15 is 0 Å². The Labute approximate surface area is 138 Å². The number of aromatic nitrogens is 1. The van der Waals surface area contributed by atoms with Gasteiger partial charge in [-0.3, -0.25) is 0 Å². The molecule has 0 aliphatic rings. The highest BCUT2D eigenvalue weighted by atomic mass is 79.9. The molecule has 0 aliphatic heterocycles. The van der Waals surface area contributed by atoms with Crippen molar-refractivity contribution in [2.75, 3.05) is 6.54 Å². The monoisotopic (exact) mass is 368 g/mol. The van der Waals surface area contributed by atoms with Crippen molar-refractivity contribution >= 4 is 27.3 Å². The number of benzene rings is 1. The number of aryl methyl sites for hydroxylation is 1. The predicted octanol–water partition coefficient (Wildman–Crippen LogP) is 4.54. The highest BCUT2D eigenvalue weighted by Crippen LogP contribution is 2.24. The maximum atomic E-state index is 5.85. The quantitative estimate of drug-likeness (QED) is 0.778. The summed E-state index contributed by atoms with van der Waals surface area (Å²) in [5.74, 6) is 1.56. The van der Waals surface area contributed by atoms with E-state index in [1.165, 1.54) is 0 Å². The molecule has 0 atom stereocenters. The minimum absolute atomic E-state index is 0.512. The van der Waals surface area contributed by atoms with Crippen LogP contribution in [0, 0.1) is 12.8 Å². The highest BCUT2D eigenvalue weighted by molar-refractivity contribution is 9.10. The lowest BCUT2D eigenvalue weighted by Gasteiger charge is -2.08. The minimum Gasteiger partial charge on any atom is -0.487 e. The number of thiazole rings is 1. The lowest BCUT2D eigenvalue weighted by atomic mass is 10.2. The number of nitrogens with one attached hydrogen (secondary N) is 1. The van der Waals surface area contributed by atoms with Crippen LogP contribution in [0.25, 0.3) is 0 Å². The zero-order chi connectivity index (χ0) is 15.2. The first-order chi connectivity index (χ1) is 10.0. The fourth-order valence-corrected chi connectivity index (χ4v) is 2.93. The Morgan fingerprint density at radius 2 is 2.19 bits per heavy atom. The normalized spacial score (nSPS) is 11.1. The van der Waals surface area contributed by atoms with E-state index in [0.29, 0.717) is 12.5 Å². The van der Waals surface area contributed by atoms with Crippen molar-refractivity contribution in [3.05, 3.63) is 44.3 Å². The molecule has 1 N–H and O–H groups in total. The Kier molecular flexibility index (Phi) is 6.21. The Balaban J connectivity index is 1.86. The van der Waals surface area contributed by atoms with Crippen molar-refractivity contribution in [3.63, 3.8) is 0 Å². The lowest BCUT2D eigenvalue weighted by molar-refractivity contribution is 0.299. The Bertz CT molecular complexity index is 583. The highest BCUT2D eigenvalue weighted by Gasteiger charge is 2.05. The van der Waals surface area contributed by atoms with Gasteiger partial charge >= 0.3 is 0 Å². The topological polar surface area (TPSA) is 34.1 Å². The lowest BCUT2D eigenvalue weighted by Crippen LogP contribution is -2.18. The van der Waals surface area contributed by atoms with Crippen molar-refractivity contribution in [1.29, 1.82) is 0 Å². The van der Waals surface area contributed by atoms with Crippen LogP contribution in [0.5, 0.6) is 5.75 Å². The SMILES string of the molecule is Cc1ccc(Br)cc1OCc1csc(CNCC(C)C)n1. The molecule has 114 valence electrons. The largest absolute Gasteiger partial charge is 0.487 e. The molecule has 0 fully saturated rings. The van der Waals surface area contributed by atoms with Crippen LogP contribution >= 0.6 is 27.3 Å². The van der Waals surface area contributed by atoms with E-state index in [4.69, 9.17) is 4.74 Å². The average molecular weight is 369 g/mol. The molecule has 21 heavy (non-hydrogen) atoms. The third-order valence-corrected chi connectivity index (χ3v) is 4.34. The van der Waals surface area contributed by atoms with Gasteiger partial charge < -0.3 is 10.1 Å². The van der Waals surface area contributed by atoms with Gasteiger partial charge in [-0.1, -0.05) is 35.8 Å². The number of hydrogen-bond acceptors (Lipinski definition) is 4. The van der Waals surface area contributed by atoms with Crippen LogP contribution in [0.4, 0.5) is 0 Å². The van der Waals surface area contributed by atoms with Crippen molar-refractivity contribution in [2.45, 2.75) is 33.9 Å². The fraction of sp³-hybridized carbons (Fsp3) is 0.438. The van der Waals surface area contributed by atoms with E-state index in [0.717, 1.165) is 39.6 Å². The van der Waals surface area contributed by atoms with Gasteiger partial charge in [0.25, 0.3) is 0 Å². The third kappa shape index (κ3) is 5.41. The molecule has 0 bridgehead atoms. The van der Waals surface area contributed by atoms with Crippen LogP contribution in [0.1, 0.15) is 30.1 Å². The molecule has 0 spiro atoms. The van der Waals surface area contributed by atoms with Crippen LogP contribution in [0.2, 0.25) is 0 Å². The summed E-state index contributed by atoms with van der Waals surface area (Å²) in [4.78, 5) is 4.59. The minimum atomic E-state index is 0.512. The van der Waals surface area contributed by atoms with Crippen molar-refractivity contribution < 1.29 is 4.74 Å². The molecule has 0 amide bonds. The molecule has 5 heteroatoms. The summed E-state index contributed by atoms with van der Waals surface area (Å²) in [6.45, 7) is 8.81. The summed E-state index contributed by atoms with van der Waals surface area (Å²) in [5, 5.41) is 6.59. The van der Waals surface area contributed by atoms with Crippen molar-refractivity contribution in [1.82, 2.24) is 10.3 Å². The average Bonchev–Trinajstić information content (AvgIpc) is 2.87. The first kappa shape index (κ1) is 16.5. The van der Waals surface area contributed by atoms with Gasteiger partial charge in [0.15, 0.2) is 0 Å². The summed E-state index contributed by atoms with van der Waals surface area (Å²) in [7, 11) is 0. The molecule has 1 heterocycles. The molecule has 0 saturated heterocycles. The van der Waals surface area contributed by atoms with Crippen LogP contribution < -0.4 is 10.1 Å². The van der Waals surface area contributed by atoms with Crippen LogP contribution in [0.15, 0.2) is 28.1 Å². The first-order valence-electron chi connectivity index (χ1n) is 7.07. The number of hydrogen-bond donors (Lipinski definition) is 1. The van der Waals surface area contributed by atoms with Crippen molar-refractivity contribution in [3.8, 4) is 5.75 Å². The molecule has 3 nitrogen and oxygen atoms in total. The first-order valence-corrected chi connectivity index (χ1v) is 8.75. The van der Waals surface area contributed by atoms with E-state index in [9.17, 15) is 0 Å². The number of nitrogens with zero attached hydrogens (tertiary/aromatic N) is 1. The molecule has 0 aliphatic carbocycles. The third-order valence-electron chi connectivity index (χ3n) is 2.95. The van der Waals surface area contributed by atoms with Gasteiger partial charge in [0.05, 0.1) is 5.69 Å². The molecular weight excluding hydrogens is 348 g/mol. The van der Waals surface area contributed by atoms with E-state index in [2.05, 4.69) is 45.5 Å². The summed E-state index contributed by atoms with van der Waals surface area (Å²) in [6, 6.07) is 6.05. The number of halogens is 1. The second kappa shape index (κ2) is 7.92. The van der Waals surface area contributed by atoms with Crippen LogP contribution in [0.3, 0.4) is 0 Å². The summed E-state index contributed by atoms with van der Waals surface area (Å²) < 4.78 is 6.88. The second-order valence-electron chi connectivity index (χ2n) is 5.46. The van der Waals surface area contributed by atoms with Gasteiger partial charge in [-0.2, -0.15) is 0 Å². The van der Waals surface area contributed by atoms with Crippen molar-refractivity contribution in [2.24, 2.45) is 5.92 Å². The molecule has 1 aromatic heterocycles. The smallest absolute Gasteiger partial charge is 0.131 e. The van der Waals surface area contributed by atoms with E-state index < -0.39 is 0 Å². The molecule has 1 aromatic carbocycles. The molecular formula is C16H21BrN2OS. The van der Waals surface area contributed by atoms with Crippen LogP contribution in [-0.2, 0) is 13.2 Å². The molecule has 2 rings (SSSR count). The molecule has 2 aromatic rings. The fourth-order valence-electron chi connectivity index (χ4n) is 1.85. The standard InChI is InChI=1S/C16H21BrN2OS/c1-11(2)7-18-8-16-19-14(10-21-16)9-20-15-6-13(17)5-4-12(15)3/h4-6,10-11,18H,7-9H2,1-3H3. The molecule has 0 unspecified atom stereocenters. The van der Waals surface area contributed by atoms with Gasteiger partial charge in [0.2, 0.25) is 0 Å². The van der Waals surface area contributed by atoms with Gasteiger partial charge in [0, 0.05) is 16.4 Å². The Morgan fingerprint density at radius 1 is 1.38 bits per heavy atom. The number of rotatable bonds is 7. The number of ether oxygens (including phenoxy) is 1. The second-order valence-corrected chi connectivity index (χ2v) is 7.31. The Morgan fingerprint density at radius 3 is 2.95 bits per heavy atom. The van der Waals surface area contributed by atoms with Gasteiger partial charge in [-0.15, -0.1) is 11.3 Å². The molecule has 0 radical (unpaired) electrons. The van der Waals surface area contributed by atoms with Gasteiger partial charge in [0.1, 0.15) is 17.4 Å². The van der Waals surface area contributed by atoms with Crippen LogP contribution in [-0.4, -0.2) is 11.5 Å². The van der Waals surface area contributed by atoms with E-state index in [1.807, 2.05) is 25.1 Å². The summed E-state index contributed by atoms with van der Waals surface area (Å²) in [6.07, 6.45) is 0.